The number of carbonyl (C=O) groups excluding carboxylic acids is 1. The summed E-state index contributed by atoms with van der Waals surface area (Å²) in [6.45, 7) is 4.42. The van der Waals surface area contributed by atoms with Crippen molar-refractivity contribution in [1.29, 1.82) is 0 Å². The topological polar surface area (TPSA) is 41.1 Å². The van der Waals surface area contributed by atoms with Gasteiger partial charge in [0.1, 0.15) is 0 Å². The number of halogens is 2. The molecule has 0 spiro atoms. The lowest BCUT2D eigenvalue weighted by molar-refractivity contribution is -0.120. The Morgan fingerprint density at radius 1 is 1.39 bits per heavy atom. The second-order valence-corrected chi connectivity index (χ2v) is 6.00. The second-order valence-electron chi connectivity index (χ2n) is 4.23. The molecule has 0 aliphatic carbocycles. The van der Waals surface area contributed by atoms with Crippen LogP contribution in [0.1, 0.15) is 26.7 Å². The highest BCUT2D eigenvalue weighted by Gasteiger charge is 2.07. The largest absolute Gasteiger partial charge is 0.375 e. The van der Waals surface area contributed by atoms with Crippen molar-refractivity contribution in [3.63, 3.8) is 0 Å². The summed E-state index contributed by atoms with van der Waals surface area (Å²) in [5.74, 6) is 0.0192. The highest BCUT2D eigenvalue weighted by atomic mass is 79.9. The van der Waals surface area contributed by atoms with E-state index in [-0.39, 0.29) is 18.5 Å². The van der Waals surface area contributed by atoms with Crippen LogP contribution < -0.4 is 10.6 Å². The van der Waals surface area contributed by atoms with Gasteiger partial charge in [0, 0.05) is 20.7 Å². The maximum Gasteiger partial charge on any atom is 0.239 e. The number of nitrogens with one attached hydrogen (secondary N) is 2. The number of rotatable bonds is 6. The Kier molecular flexibility index (Phi) is 6.71. The zero-order valence-electron chi connectivity index (χ0n) is 10.6. The normalized spacial score (nSPS) is 12.0. The maximum absolute atomic E-state index is 11.7. The van der Waals surface area contributed by atoms with Gasteiger partial charge in [-0.05, 0) is 47.5 Å². The number of hydrogen-bond donors (Lipinski definition) is 2. The molecule has 5 heteroatoms. The average Bonchev–Trinajstić information content (AvgIpc) is 2.28. The van der Waals surface area contributed by atoms with Crippen LogP contribution in [-0.2, 0) is 4.79 Å². The molecule has 1 unspecified atom stereocenters. The second kappa shape index (κ2) is 7.79. The quantitative estimate of drug-likeness (QED) is 0.788. The molecular formula is C13H18Br2N2O. The van der Waals surface area contributed by atoms with Crippen LogP contribution >= 0.6 is 31.9 Å². The van der Waals surface area contributed by atoms with E-state index in [0.29, 0.717) is 0 Å². The van der Waals surface area contributed by atoms with Gasteiger partial charge in [-0.2, -0.15) is 0 Å². The molecule has 3 nitrogen and oxygen atoms in total. The van der Waals surface area contributed by atoms with Crippen molar-refractivity contribution in [2.75, 3.05) is 11.9 Å². The van der Waals surface area contributed by atoms with Gasteiger partial charge in [-0.1, -0.05) is 29.3 Å². The van der Waals surface area contributed by atoms with Gasteiger partial charge >= 0.3 is 0 Å². The van der Waals surface area contributed by atoms with E-state index >= 15 is 0 Å². The van der Waals surface area contributed by atoms with E-state index in [1.54, 1.807) is 0 Å². The highest BCUT2D eigenvalue weighted by Crippen LogP contribution is 2.25. The molecule has 0 fully saturated rings. The van der Waals surface area contributed by atoms with Gasteiger partial charge in [0.25, 0.3) is 0 Å². The fraction of sp³-hybridized carbons (Fsp3) is 0.462. The van der Waals surface area contributed by atoms with Crippen LogP contribution in [0.2, 0.25) is 0 Å². The first-order valence-electron chi connectivity index (χ1n) is 6.01. The van der Waals surface area contributed by atoms with E-state index in [1.165, 1.54) is 0 Å². The van der Waals surface area contributed by atoms with Gasteiger partial charge in [0.05, 0.1) is 6.54 Å². The Balaban J connectivity index is 2.42. The fourth-order valence-electron chi connectivity index (χ4n) is 1.64. The van der Waals surface area contributed by atoms with Crippen molar-refractivity contribution >= 4 is 43.5 Å². The summed E-state index contributed by atoms with van der Waals surface area (Å²) in [5.41, 5.74) is 0.913. The van der Waals surface area contributed by atoms with Crippen molar-refractivity contribution in [2.45, 2.75) is 32.7 Å². The summed E-state index contributed by atoms with van der Waals surface area (Å²) in [6.07, 6.45) is 2.08. The zero-order valence-corrected chi connectivity index (χ0v) is 13.8. The molecule has 18 heavy (non-hydrogen) atoms. The van der Waals surface area contributed by atoms with Gasteiger partial charge < -0.3 is 10.6 Å². The number of carbonyl (C=O) groups is 1. The molecule has 1 atom stereocenters. The fourth-order valence-corrected chi connectivity index (χ4v) is 2.83. The third-order valence-corrected chi connectivity index (χ3v) is 3.65. The van der Waals surface area contributed by atoms with Crippen LogP contribution in [-0.4, -0.2) is 18.5 Å². The van der Waals surface area contributed by atoms with E-state index in [9.17, 15) is 4.79 Å². The maximum atomic E-state index is 11.7. The molecule has 0 saturated carbocycles. The molecular weight excluding hydrogens is 360 g/mol. The molecule has 1 aromatic rings. The molecule has 2 N–H and O–H groups in total. The van der Waals surface area contributed by atoms with Crippen molar-refractivity contribution in [2.24, 2.45) is 0 Å². The molecule has 1 amide bonds. The van der Waals surface area contributed by atoms with E-state index in [1.807, 2.05) is 25.1 Å². The predicted molar refractivity (Wildman–Crippen MR) is 82.8 cm³/mol. The van der Waals surface area contributed by atoms with Gasteiger partial charge in [0.2, 0.25) is 5.91 Å². The van der Waals surface area contributed by atoms with Gasteiger partial charge in [-0.3, -0.25) is 4.79 Å². The highest BCUT2D eigenvalue weighted by molar-refractivity contribution is 9.11. The number of anilines is 1. The number of benzene rings is 1. The molecule has 0 saturated heterocycles. The third-order valence-electron chi connectivity index (χ3n) is 2.50. The molecule has 0 aliphatic rings. The molecule has 0 radical (unpaired) electrons. The van der Waals surface area contributed by atoms with Crippen LogP contribution in [0, 0.1) is 0 Å². The first-order valence-corrected chi connectivity index (χ1v) is 7.59. The van der Waals surface area contributed by atoms with E-state index in [2.05, 4.69) is 49.4 Å². The minimum absolute atomic E-state index is 0.0192. The average molecular weight is 378 g/mol. The summed E-state index contributed by atoms with van der Waals surface area (Å²) < 4.78 is 1.94. The molecule has 0 aliphatic heterocycles. The third kappa shape index (κ3) is 5.40. The SMILES string of the molecule is CCCC(C)NC(=O)CNc1ccc(Br)cc1Br. The number of hydrogen-bond acceptors (Lipinski definition) is 2. The number of amides is 1. The standard InChI is InChI=1S/C13H18Br2N2O/c1-3-4-9(2)17-13(18)8-16-12-6-5-10(14)7-11(12)15/h5-7,9,16H,3-4,8H2,1-2H3,(H,17,18). The lowest BCUT2D eigenvalue weighted by Gasteiger charge is -2.14. The monoisotopic (exact) mass is 376 g/mol. The van der Waals surface area contributed by atoms with Crippen LogP contribution in [0.3, 0.4) is 0 Å². The molecule has 100 valence electrons. The van der Waals surface area contributed by atoms with E-state index in [0.717, 1.165) is 27.5 Å². The summed E-state index contributed by atoms with van der Waals surface area (Å²) in [7, 11) is 0. The van der Waals surface area contributed by atoms with Crippen molar-refractivity contribution < 1.29 is 4.79 Å². The van der Waals surface area contributed by atoms with Crippen LogP contribution in [0.15, 0.2) is 27.1 Å². The minimum Gasteiger partial charge on any atom is -0.375 e. The molecule has 0 aromatic heterocycles. The Morgan fingerprint density at radius 3 is 2.72 bits per heavy atom. The minimum atomic E-state index is 0.0192. The lowest BCUT2D eigenvalue weighted by atomic mass is 10.2. The van der Waals surface area contributed by atoms with E-state index in [4.69, 9.17) is 0 Å². The summed E-state index contributed by atoms with van der Waals surface area (Å²) >= 11 is 6.84. The first-order chi connectivity index (χ1) is 8.52. The zero-order chi connectivity index (χ0) is 13.5. The van der Waals surface area contributed by atoms with Crippen molar-refractivity contribution in [1.82, 2.24) is 5.32 Å². The molecule has 1 rings (SSSR count). The Hall–Kier alpha value is -0.550. The van der Waals surface area contributed by atoms with Crippen LogP contribution in [0.5, 0.6) is 0 Å². The summed E-state index contributed by atoms with van der Waals surface area (Å²) in [6, 6.07) is 6.04. The van der Waals surface area contributed by atoms with Crippen LogP contribution in [0.4, 0.5) is 5.69 Å². The van der Waals surface area contributed by atoms with Gasteiger partial charge in [0.15, 0.2) is 0 Å². The van der Waals surface area contributed by atoms with E-state index < -0.39 is 0 Å². The summed E-state index contributed by atoms with van der Waals surface area (Å²) in [4.78, 5) is 11.7. The Bertz CT molecular complexity index is 410. The smallest absolute Gasteiger partial charge is 0.239 e. The predicted octanol–water partition coefficient (Wildman–Crippen LogP) is 3.93. The molecule has 0 bridgehead atoms. The summed E-state index contributed by atoms with van der Waals surface area (Å²) in [5, 5.41) is 6.06. The van der Waals surface area contributed by atoms with Gasteiger partial charge in [-0.15, -0.1) is 0 Å². The van der Waals surface area contributed by atoms with Crippen LogP contribution in [0.25, 0.3) is 0 Å². The molecule has 0 heterocycles. The Morgan fingerprint density at radius 2 is 2.11 bits per heavy atom. The first kappa shape index (κ1) is 15.5. The molecule has 1 aromatic carbocycles. The lowest BCUT2D eigenvalue weighted by Crippen LogP contribution is -2.36. The Labute approximate surface area is 125 Å². The van der Waals surface area contributed by atoms with Gasteiger partial charge in [-0.25, -0.2) is 0 Å². The van der Waals surface area contributed by atoms with Crippen molar-refractivity contribution in [3.05, 3.63) is 27.1 Å². The van der Waals surface area contributed by atoms with Crippen molar-refractivity contribution in [3.8, 4) is 0 Å².